The number of halogens is 2. The first kappa shape index (κ1) is 15.5. The molecule has 1 aliphatic rings. The van der Waals surface area contributed by atoms with Gasteiger partial charge in [-0.05, 0) is 49.1 Å². The van der Waals surface area contributed by atoms with Gasteiger partial charge in [0, 0.05) is 12.3 Å². The summed E-state index contributed by atoms with van der Waals surface area (Å²) in [6, 6.07) is 4.67. The molecular formula is C17H22ClFO. The Morgan fingerprint density at radius 3 is 2.55 bits per heavy atom. The lowest BCUT2D eigenvalue weighted by Gasteiger charge is -2.30. The zero-order valence-corrected chi connectivity index (χ0v) is 12.9. The summed E-state index contributed by atoms with van der Waals surface area (Å²) in [5, 5.41) is 0.0942. The van der Waals surface area contributed by atoms with Gasteiger partial charge in [-0.25, -0.2) is 4.39 Å². The Labute approximate surface area is 125 Å². The van der Waals surface area contributed by atoms with Gasteiger partial charge in [-0.15, -0.1) is 0 Å². The van der Waals surface area contributed by atoms with Crippen LogP contribution in [0.1, 0.15) is 45.1 Å². The number of hydrogen-bond donors (Lipinski definition) is 0. The van der Waals surface area contributed by atoms with Gasteiger partial charge in [0.05, 0.1) is 5.02 Å². The van der Waals surface area contributed by atoms with Gasteiger partial charge in [0.2, 0.25) is 0 Å². The van der Waals surface area contributed by atoms with E-state index in [2.05, 4.69) is 13.8 Å². The summed E-state index contributed by atoms with van der Waals surface area (Å²) < 4.78 is 13.4. The molecule has 1 aromatic carbocycles. The third-order valence-electron chi connectivity index (χ3n) is 4.57. The Balaban J connectivity index is 1.95. The highest BCUT2D eigenvalue weighted by atomic mass is 35.5. The van der Waals surface area contributed by atoms with Crippen LogP contribution in [0.3, 0.4) is 0 Å². The molecule has 2 rings (SSSR count). The molecule has 0 amide bonds. The highest BCUT2D eigenvalue weighted by Crippen LogP contribution is 2.34. The fourth-order valence-electron chi connectivity index (χ4n) is 3.12. The molecule has 0 radical (unpaired) electrons. The topological polar surface area (TPSA) is 17.1 Å². The summed E-state index contributed by atoms with van der Waals surface area (Å²) >= 11 is 5.91. The van der Waals surface area contributed by atoms with Crippen molar-refractivity contribution in [1.82, 2.24) is 0 Å². The van der Waals surface area contributed by atoms with E-state index >= 15 is 0 Å². The van der Waals surface area contributed by atoms with Crippen LogP contribution >= 0.6 is 11.6 Å². The van der Waals surface area contributed by atoms with E-state index in [4.69, 9.17) is 11.6 Å². The minimum absolute atomic E-state index is 0.0942. The van der Waals surface area contributed by atoms with Gasteiger partial charge >= 0.3 is 0 Å². The summed E-state index contributed by atoms with van der Waals surface area (Å²) in [6.45, 7) is 4.50. The number of Topliss-reactive ketones (excluding diaryl/α,β-unsaturated/α-hetero) is 1. The van der Waals surface area contributed by atoms with Crippen LogP contribution in [0.5, 0.6) is 0 Å². The second-order valence-corrected chi connectivity index (χ2v) is 6.59. The number of ketones is 1. The van der Waals surface area contributed by atoms with E-state index in [1.165, 1.54) is 6.07 Å². The summed E-state index contributed by atoms with van der Waals surface area (Å²) in [7, 11) is 0. The standard InChI is InChI=1S/C17H22ClFO/c1-11(2)12-6-8-13(9-7-12)16(20)10-14-4-3-5-15(19)17(14)18/h3-5,11-13H,6-10H2,1-2H3. The smallest absolute Gasteiger partial charge is 0.142 e. The van der Waals surface area contributed by atoms with Gasteiger partial charge in [-0.1, -0.05) is 37.6 Å². The maximum absolute atomic E-state index is 13.4. The first-order valence-electron chi connectivity index (χ1n) is 7.44. The van der Waals surface area contributed by atoms with Crippen LogP contribution in [0.2, 0.25) is 5.02 Å². The lowest BCUT2D eigenvalue weighted by atomic mass is 9.75. The Morgan fingerprint density at radius 1 is 1.30 bits per heavy atom. The van der Waals surface area contributed by atoms with Crippen molar-refractivity contribution in [2.24, 2.45) is 17.8 Å². The van der Waals surface area contributed by atoms with Gasteiger partial charge < -0.3 is 0 Å². The highest BCUT2D eigenvalue weighted by Gasteiger charge is 2.27. The van der Waals surface area contributed by atoms with Crippen molar-refractivity contribution in [3.8, 4) is 0 Å². The van der Waals surface area contributed by atoms with Crippen molar-refractivity contribution in [3.63, 3.8) is 0 Å². The molecular weight excluding hydrogens is 275 g/mol. The molecule has 1 aromatic rings. The largest absolute Gasteiger partial charge is 0.299 e. The third-order valence-corrected chi connectivity index (χ3v) is 4.99. The van der Waals surface area contributed by atoms with Crippen LogP contribution in [-0.4, -0.2) is 5.78 Å². The second-order valence-electron chi connectivity index (χ2n) is 6.21. The summed E-state index contributed by atoms with van der Waals surface area (Å²) in [5.41, 5.74) is 0.614. The van der Waals surface area contributed by atoms with Crippen molar-refractivity contribution >= 4 is 17.4 Å². The van der Waals surface area contributed by atoms with Crippen LogP contribution in [0, 0.1) is 23.6 Å². The molecule has 0 bridgehead atoms. The molecule has 110 valence electrons. The van der Waals surface area contributed by atoms with Crippen LogP contribution < -0.4 is 0 Å². The van der Waals surface area contributed by atoms with Gasteiger partial charge in [0.15, 0.2) is 0 Å². The molecule has 0 aromatic heterocycles. The van der Waals surface area contributed by atoms with Gasteiger partial charge in [0.25, 0.3) is 0 Å². The average Bonchev–Trinajstić information content (AvgIpc) is 2.44. The highest BCUT2D eigenvalue weighted by molar-refractivity contribution is 6.31. The van der Waals surface area contributed by atoms with Crippen molar-refractivity contribution in [2.75, 3.05) is 0 Å². The Morgan fingerprint density at radius 2 is 1.95 bits per heavy atom. The van der Waals surface area contributed by atoms with E-state index in [9.17, 15) is 9.18 Å². The molecule has 0 aliphatic heterocycles. The molecule has 1 aliphatic carbocycles. The predicted molar refractivity (Wildman–Crippen MR) is 80.4 cm³/mol. The summed E-state index contributed by atoms with van der Waals surface area (Å²) in [5.74, 6) is 1.34. The maximum Gasteiger partial charge on any atom is 0.142 e. The number of carbonyl (C=O) groups is 1. The molecule has 0 N–H and O–H groups in total. The van der Waals surface area contributed by atoms with Crippen LogP contribution in [0.25, 0.3) is 0 Å². The zero-order chi connectivity index (χ0) is 14.7. The molecule has 1 saturated carbocycles. The molecule has 1 nitrogen and oxygen atoms in total. The van der Waals surface area contributed by atoms with E-state index in [0.717, 1.165) is 31.6 Å². The SMILES string of the molecule is CC(C)C1CCC(C(=O)Cc2cccc(F)c2Cl)CC1. The van der Waals surface area contributed by atoms with Crippen molar-refractivity contribution in [3.05, 3.63) is 34.6 Å². The average molecular weight is 297 g/mol. The summed E-state index contributed by atoms with van der Waals surface area (Å²) in [6.07, 6.45) is 4.45. The lowest BCUT2D eigenvalue weighted by molar-refractivity contribution is -0.123. The number of hydrogen-bond acceptors (Lipinski definition) is 1. The number of benzene rings is 1. The van der Waals surface area contributed by atoms with E-state index in [-0.39, 0.29) is 23.1 Å². The zero-order valence-electron chi connectivity index (χ0n) is 12.2. The number of rotatable bonds is 4. The van der Waals surface area contributed by atoms with Crippen molar-refractivity contribution < 1.29 is 9.18 Å². The van der Waals surface area contributed by atoms with Crippen molar-refractivity contribution in [2.45, 2.75) is 46.0 Å². The van der Waals surface area contributed by atoms with Gasteiger partial charge in [-0.3, -0.25) is 4.79 Å². The molecule has 0 saturated heterocycles. The molecule has 20 heavy (non-hydrogen) atoms. The lowest BCUT2D eigenvalue weighted by Crippen LogP contribution is -2.25. The van der Waals surface area contributed by atoms with Gasteiger partial charge in [0.1, 0.15) is 11.6 Å². The van der Waals surface area contributed by atoms with E-state index in [0.29, 0.717) is 11.5 Å². The van der Waals surface area contributed by atoms with Crippen LogP contribution in [0.4, 0.5) is 4.39 Å². The summed E-state index contributed by atoms with van der Waals surface area (Å²) in [4.78, 5) is 12.3. The quantitative estimate of drug-likeness (QED) is 0.759. The van der Waals surface area contributed by atoms with E-state index in [1.54, 1.807) is 12.1 Å². The minimum Gasteiger partial charge on any atom is -0.299 e. The second kappa shape index (κ2) is 6.71. The molecule has 0 spiro atoms. The normalized spacial score (nSPS) is 23.1. The molecule has 0 heterocycles. The first-order valence-corrected chi connectivity index (χ1v) is 7.82. The Bertz CT molecular complexity index is 476. The molecule has 1 fully saturated rings. The fraction of sp³-hybridized carbons (Fsp3) is 0.588. The molecule has 3 heteroatoms. The first-order chi connectivity index (χ1) is 9.49. The molecule has 0 atom stereocenters. The Hall–Kier alpha value is -0.890. The minimum atomic E-state index is -0.444. The third kappa shape index (κ3) is 3.60. The number of carbonyl (C=O) groups excluding carboxylic acids is 1. The maximum atomic E-state index is 13.4. The predicted octanol–water partition coefficient (Wildman–Crippen LogP) is 5.05. The van der Waals surface area contributed by atoms with Crippen molar-refractivity contribution in [1.29, 1.82) is 0 Å². The monoisotopic (exact) mass is 296 g/mol. The van der Waals surface area contributed by atoms with E-state index < -0.39 is 5.82 Å². The molecule has 0 unspecified atom stereocenters. The fourth-order valence-corrected chi connectivity index (χ4v) is 3.32. The van der Waals surface area contributed by atoms with Crippen LogP contribution in [-0.2, 0) is 11.2 Å². The Kier molecular flexibility index (Phi) is 5.20. The van der Waals surface area contributed by atoms with Crippen LogP contribution in [0.15, 0.2) is 18.2 Å². The van der Waals surface area contributed by atoms with Gasteiger partial charge in [-0.2, -0.15) is 0 Å². The van der Waals surface area contributed by atoms with E-state index in [1.807, 2.05) is 0 Å².